The lowest BCUT2D eigenvalue weighted by molar-refractivity contribution is 0.412. The molecular weight excluding hydrogens is 188 g/mol. The largest absolute Gasteiger partial charge is 0.416 e. The van der Waals surface area contributed by atoms with Crippen molar-refractivity contribution in [3.63, 3.8) is 0 Å². The van der Waals surface area contributed by atoms with Gasteiger partial charge in [0.25, 0.3) is 0 Å². The van der Waals surface area contributed by atoms with Gasteiger partial charge in [-0.15, -0.1) is 0 Å². The summed E-state index contributed by atoms with van der Waals surface area (Å²) in [6, 6.07) is 10.4. The fraction of sp³-hybridized carbons (Fsp3) is 0.333. The second-order valence-electron chi connectivity index (χ2n) is 3.95. The number of rotatable bonds is 3. The van der Waals surface area contributed by atoms with Crippen molar-refractivity contribution in [3.8, 4) is 0 Å². The molecule has 0 aliphatic rings. The molecule has 0 fully saturated rings. The van der Waals surface area contributed by atoms with Gasteiger partial charge in [0.1, 0.15) is 0 Å². The van der Waals surface area contributed by atoms with Crippen LogP contribution < -0.4 is 0 Å². The Kier molecular flexibility index (Phi) is 3.67. The third-order valence-corrected chi connectivity index (χ3v) is 5.71. The van der Waals surface area contributed by atoms with Crippen molar-refractivity contribution < 1.29 is 4.43 Å². The van der Waals surface area contributed by atoms with Crippen LogP contribution in [0.2, 0.25) is 13.1 Å². The highest BCUT2D eigenvalue weighted by atomic mass is 28.4. The first-order valence-corrected chi connectivity index (χ1v) is 7.76. The third kappa shape index (κ3) is 2.82. The Hall–Kier alpha value is -0.863. The predicted octanol–water partition coefficient (Wildman–Crippen LogP) is 3.48. The van der Waals surface area contributed by atoms with Gasteiger partial charge in [0.2, 0.25) is 8.32 Å². The maximum absolute atomic E-state index is 5.54. The summed E-state index contributed by atoms with van der Waals surface area (Å²) in [6.45, 7) is 6.58. The van der Waals surface area contributed by atoms with Crippen LogP contribution in [-0.4, -0.2) is 15.4 Å². The van der Waals surface area contributed by atoms with E-state index in [-0.39, 0.29) is 0 Å². The molecule has 76 valence electrons. The van der Waals surface area contributed by atoms with E-state index < -0.39 is 8.32 Å². The fourth-order valence-corrected chi connectivity index (χ4v) is 1.97. The number of hydrogen-bond acceptors (Lipinski definition) is 1. The molecule has 1 aromatic rings. The van der Waals surface area contributed by atoms with Crippen molar-refractivity contribution in [2.45, 2.75) is 20.0 Å². The molecule has 1 aromatic carbocycles. The van der Waals surface area contributed by atoms with Crippen molar-refractivity contribution in [2.75, 3.05) is 7.11 Å². The Labute approximate surface area is 87.5 Å². The second kappa shape index (κ2) is 4.58. The molecule has 2 heteroatoms. The van der Waals surface area contributed by atoms with E-state index in [2.05, 4.69) is 50.4 Å². The standard InChI is InChI=1S/C12H18OSi/c1-11(14(3,4)13-2)10-12-8-6-5-7-9-12/h5-10H,1-4H3. The zero-order chi connectivity index (χ0) is 10.6. The van der Waals surface area contributed by atoms with E-state index >= 15 is 0 Å². The molecular formula is C12H18OSi. The SMILES string of the molecule is CO[Si](C)(C)C(C)=Cc1ccccc1. The highest BCUT2D eigenvalue weighted by Crippen LogP contribution is 2.17. The van der Waals surface area contributed by atoms with E-state index in [4.69, 9.17) is 4.43 Å². The molecule has 0 atom stereocenters. The molecule has 0 aliphatic carbocycles. The van der Waals surface area contributed by atoms with E-state index in [1.54, 1.807) is 7.11 Å². The van der Waals surface area contributed by atoms with Crippen LogP contribution in [0.15, 0.2) is 35.5 Å². The molecule has 0 N–H and O–H groups in total. The summed E-state index contributed by atoms with van der Waals surface area (Å²) in [6.07, 6.45) is 2.22. The Bertz CT molecular complexity index is 314. The van der Waals surface area contributed by atoms with E-state index in [1.165, 1.54) is 10.8 Å². The number of allylic oxidation sites excluding steroid dienone is 1. The van der Waals surface area contributed by atoms with Gasteiger partial charge in [0, 0.05) is 7.11 Å². The van der Waals surface area contributed by atoms with Gasteiger partial charge in [0.05, 0.1) is 0 Å². The Morgan fingerprint density at radius 1 is 1.21 bits per heavy atom. The van der Waals surface area contributed by atoms with Crippen molar-refractivity contribution in [1.29, 1.82) is 0 Å². The van der Waals surface area contributed by atoms with Crippen LogP contribution in [0.1, 0.15) is 12.5 Å². The number of benzene rings is 1. The molecule has 1 nitrogen and oxygen atoms in total. The van der Waals surface area contributed by atoms with E-state index in [1.807, 2.05) is 6.07 Å². The quantitative estimate of drug-likeness (QED) is 0.688. The summed E-state index contributed by atoms with van der Waals surface area (Å²) in [4.78, 5) is 0. The van der Waals surface area contributed by atoms with Gasteiger partial charge in [-0.3, -0.25) is 0 Å². The van der Waals surface area contributed by atoms with Gasteiger partial charge in [-0.1, -0.05) is 41.6 Å². The van der Waals surface area contributed by atoms with Crippen molar-refractivity contribution in [1.82, 2.24) is 0 Å². The predicted molar refractivity (Wildman–Crippen MR) is 64.6 cm³/mol. The molecule has 0 bridgehead atoms. The zero-order valence-corrected chi connectivity index (χ0v) is 10.4. The molecule has 0 aromatic heterocycles. The molecule has 0 aliphatic heterocycles. The maximum Gasteiger partial charge on any atom is 0.213 e. The van der Waals surface area contributed by atoms with Crippen molar-refractivity contribution in [2.24, 2.45) is 0 Å². The van der Waals surface area contributed by atoms with Crippen LogP contribution >= 0.6 is 0 Å². The molecule has 0 unspecified atom stereocenters. The average Bonchev–Trinajstić information content (AvgIpc) is 2.19. The van der Waals surface area contributed by atoms with Gasteiger partial charge in [-0.25, -0.2) is 0 Å². The van der Waals surface area contributed by atoms with Gasteiger partial charge >= 0.3 is 0 Å². The van der Waals surface area contributed by atoms with Gasteiger partial charge < -0.3 is 4.43 Å². The van der Waals surface area contributed by atoms with Gasteiger partial charge in [0.15, 0.2) is 0 Å². The van der Waals surface area contributed by atoms with Crippen molar-refractivity contribution in [3.05, 3.63) is 41.1 Å². The van der Waals surface area contributed by atoms with Crippen LogP contribution in [0.3, 0.4) is 0 Å². The van der Waals surface area contributed by atoms with Crippen LogP contribution in [0.25, 0.3) is 6.08 Å². The average molecular weight is 206 g/mol. The van der Waals surface area contributed by atoms with Gasteiger partial charge in [-0.2, -0.15) is 0 Å². The Morgan fingerprint density at radius 3 is 2.29 bits per heavy atom. The minimum atomic E-state index is -1.60. The zero-order valence-electron chi connectivity index (χ0n) is 9.37. The topological polar surface area (TPSA) is 9.23 Å². The highest BCUT2D eigenvalue weighted by Gasteiger charge is 2.22. The van der Waals surface area contributed by atoms with Crippen LogP contribution in [-0.2, 0) is 4.43 Å². The fourth-order valence-electron chi connectivity index (χ4n) is 1.13. The normalized spacial score (nSPS) is 13.0. The molecule has 0 spiro atoms. The summed E-state index contributed by atoms with van der Waals surface area (Å²) in [5.41, 5.74) is 1.25. The Morgan fingerprint density at radius 2 is 1.79 bits per heavy atom. The Balaban J connectivity index is 2.89. The molecule has 0 saturated heterocycles. The molecule has 1 rings (SSSR count). The van der Waals surface area contributed by atoms with Crippen LogP contribution in [0.4, 0.5) is 0 Å². The minimum Gasteiger partial charge on any atom is -0.416 e. The minimum absolute atomic E-state index is 1.25. The first kappa shape index (κ1) is 11.2. The lowest BCUT2D eigenvalue weighted by Gasteiger charge is -2.20. The first-order chi connectivity index (χ1) is 6.56. The molecule has 0 saturated carbocycles. The summed E-state index contributed by atoms with van der Waals surface area (Å²) in [7, 11) is 0.198. The van der Waals surface area contributed by atoms with Crippen LogP contribution in [0.5, 0.6) is 0 Å². The molecule has 0 radical (unpaired) electrons. The lowest BCUT2D eigenvalue weighted by atomic mass is 10.2. The van der Waals surface area contributed by atoms with Crippen LogP contribution in [0, 0.1) is 0 Å². The maximum atomic E-state index is 5.54. The van der Waals surface area contributed by atoms with Gasteiger partial charge in [-0.05, 0) is 25.6 Å². The van der Waals surface area contributed by atoms with E-state index in [0.29, 0.717) is 0 Å². The second-order valence-corrected chi connectivity index (χ2v) is 8.17. The smallest absolute Gasteiger partial charge is 0.213 e. The molecule has 14 heavy (non-hydrogen) atoms. The summed E-state index contributed by atoms with van der Waals surface area (Å²) in [5.74, 6) is 0. The molecule has 0 heterocycles. The van der Waals surface area contributed by atoms with E-state index in [0.717, 1.165) is 0 Å². The highest BCUT2D eigenvalue weighted by molar-refractivity contribution is 6.78. The third-order valence-electron chi connectivity index (χ3n) is 2.64. The van der Waals surface area contributed by atoms with Crippen molar-refractivity contribution >= 4 is 14.4 Å². The first-order valence-electron chi connectivity index (χ1n) is 4.85. The molecule has 0 amide bonds. The lowest BCUT2D eigenvalue weighted by Crippen LogP contribution is -2.30. The summed E-state index contributed by atoms with van der Waals surface area (Å²) >= 11 is 0. The van der Waals surface area contributed by atoms with E-state index in [9.17, 15) is 0 Å². The monoisotopic (exact) mass is 206 g/mol. The summed E-state index contributed by atoms with van der Waals surface area (Å²) in [5, 5.41) is 1.37. The summed E-state index contributed by atoms with van der Waals surface area (Å²) < 4.78 is 5.54. The number of hydrogen-bond donors (Lipinski definition) is 0.